The molecule has 2 aliphatic rings. The van der Waals surface area contributed by atoms with Crippen molar-refractivity contribution in [1.29, 1.82) is 5.26 Å². The molecular weight excluding hydrogens is 274 g/mol. The van der Waals surface area contributed by atoms with Crippen LogP contribution in [0.25, 0.3) is 10.9 Å². The number of hydrogen-bond acceptors (Lipinski definition) is 3. The van der Waals surface area contributed by atoms with Crippen molar-refractivity contribution in [2.75, 3.05) is 18.0 Å². The summed E-state index contributed by atoms with van der Waals surface area (Å²) in [7, 11) is 0. The molecule has 0 amide bonds. The number of benzene rings is 1. The molecule has 2 heterocycles. The number of rotatable bonds is 1. The largest absolute Gasteiger partial charge is 0.370 e. The minimum atomic E-state index is -0.278. The van der Waals surface area contributed by atoms with Crippen LogP contribution in [-0.2, 0) is 0 Å². The highest BCUT2D eigenvalue weighted by atomic mass is 16.1. The molecule has 1 aliphatic heterocycles. The second-order valence-corrected chi connectivity index (χ2v) is 6.68. The number of piperidine rings is 1. The van der Waals surface area contributed by atoms with Crippen LogP contribution in [0.1, 0.15) is 37.7 Å². The first-order valence-electron chi connectivity index (χ1n) is 8.03. The van der Waals surface area contributed by atoms with Crippen LogP contribution in [0, 0.1) is 16.7 Å². The Morgan fingerprint density at radius 2 is 1.86 bits per heavy atom. The van der Waals surface area contributed by atoms with Gasteiger partial charge in [0.2, 0.25) is 0 Å². The number of hydrogen-bond donors (Lipinski definition) is 1. The lowest BCUT2D eigenvalue weighted by Gasteiger charge is -2.48. The van der Waals surface area contributed by atoms with Gasteiger partial charge < -0.3 is 9.88 Å². The molecular formula is C18H19N3O. The van der Waals surface area contributed by atoms with Crippen LogP contribution in [-0.4, -0.2) is 18.1 Å². The highest BCUT2D eigenvalue weighted by Gasteiger charge is 2.40. The average Bonchev–Trinajstić information content (AvgIpc) is 2.52. The molecule has 0 unspecified atom stereocenters. The van der Waals surface area contributed by atoms with Crippen molar-refractivity contribution >= 4 is 16.6 Å². The van der Waals surface area contributed by atoms with Gasteiger partial charge in [0.25, 0.3) is 5.56 Å². The molecule has 2 fully saturated rings. The minimum absolute atomic E-state index is 0.253. The van der Waals surface area contributed by atoms with Crippen molar-refractivity contribution in [3.63, 3.8) is 0 Å². The van der Waals surface area contributed by atoms with Gasteiger partial charge in [0.15, 0.2) is 0 Å². The van der Waals surface area contributed by atoms with Crippen molar-refractivity contribution in [1.82, 2.24) is 4.98 Å². The third kappa shape index (κ3) is 1.93. The fraction of sp³-hybridized carbons (Fsp3) is 0.444. The Kier molecular flexibility index (Phi) is 2.97. The molecule has 1 spiro atoms. The molecule has 0 bridgehead atoms. The van der Waals surface area contributed by atoms with E-state index in [-0.39, 0.29) is 11.1 Å². The Labute approximate surface area is 129 Å². The third-order valence-corrected chi connectivity index (χ3v) is 5.56. The zero-order valence-electron chi connectivity index (χ0n) is 12.6. The number of anilines is 1. The molecule has 1 N–H and O–H groups in total. The van der Waals surface area contributed by atoms with Gasteiger partial charge in [-0.2, -0.15) is 5.26 Å². The molecule has 4 heteroatoms. The van der Waals surface area contributed by atoms with Crippen molar-refractivity contribution in [3.05, 3.63) is 40.2 Å². The molecule has 1 saturated carbocycles. The Hall–Kier alpha value is -2.28. The van der Waals surface area contributed by atoms with Crippen LogP contribution in [0.15, 0.2) is 29.1 Å². The van der Waals surface area contributed by atoms with E-state index >= 15 is 0 Å². The summed E-state index contributed by atoms with van der Waals surface area (Å²) >= 11 is 0. The number of nitrogens with zero attached hydrogens (tertiary/aromatic N) is 2. The number of para-hydroxylation sites is 1. The maximum absolute atomic E-state index is 12.2. The summed E-state index contributed by atoms with van der Waals surface area (Å²) < 4.78 is 0. The number of nitriles is 1. The molecule has 2 aromatic rings. The topological polar surface area (TPSA) is 59.9 Å². The van der Waals surface area contributed by atoms with Crippen LogP contribution < -0.4 is 10.5 Å². The van der Waals surface area contributed by atoms with E-state index < -0.39 is 0 Å². The normalized spacial score (nSPS) is 19.9. The summed E-state index contributed by atoms with van der Waals surface area (Å²) in [5, 5.41) is 10.4. The first-order chi connectivity index (χ1) is 10.7. The molecule has 1 aliphatic carbocycles. The van der Waals surface area contributed by atoms with Crippen LogP contribution in [0.5, 0.6) is 0 Å². The zero-order chi connectivity index (χ0) is 15.2. The first-order valence-corrected chi connectivity index (χ1v) is 8.03. The molecule has 1 saturated heterocycles. The molecule has 22 heavy (non-hydrogen) atoms. The number of fused-ring (bicyclic) bond motifs is 1. The zero-order valence-corrected chi connectivity index (χ0v) is 12.6. The van der Waals surface area contributed by atoms with E-state index in [1.807, 2.05) is 24.3 Å². The Morgan fingerprint density at radius 3 is 2.50 bits per heavy atom. The van der Waals surface area contributed by atoms with Gasteiger partial charge in [0.1, 0.15) is 11.6 Å². The number of pyridine rings is 1. The van der Waals surface area contributed by atoms with Crippen LogP contribution in [0.2, 0.25) is 0 Å². The highest BCUT2D eigenvalue weighted by Crippen LogP contribution is 2.49. The lowest BCUT2D eigenvalue weighted by Crippen LogP contribution is -2.44. The number of nitrogens with one attached hydrogen (secondary N) is 1. The summed E-state index contributed by atoms with van der Waals surface area (Å²) in [4.78, 5) is 17.3. The first kappa shape index (κ1) is 13.4. The Morgan fingerprint density at radius 1 is 1.14 bits per heavy atom. The predicted octanol–water partition coefficient (Wildman–Crippen LogP) is 3.17. The molecule has 1 aromatic carbocycles. The number of aromatic nitrogens is 1. The van der Waals surface area contributed by atoms with E-state index in [9.17, 15) is 10.1 Å². The standard InChI is InChI=1S/C18H19N3O/c19-12-14-16(13-4-1-2-5-15(13)20-17(14)22)21-10-8-18(9-11-21)6-3-7-18/h1-2,4-5H,3,6-11H2,(H,20,22). The monoisotopic (exact) mass is 293 g/mol. The molecule has 112 valence electrons. The second-order valence-electron chi connectivity index (χ2n) is 6.68. The second kappa shape index (κ2) is 4.88. The van der Waals surface area contributed by atoms with Gasteiger partial charge in [-0.05, 0) is 37.2 Å². The highest BCUT2D eigenvalue weighted by molar-refractivity contribution is 5.94. The lowest BCUT2D eigenvalue weighted by atomic mass is 9.63. The molecule has 4 rings (SSSR count). The third-order valence-electron chi connectivity index (χ3n) is 5.56. The van der Waals surface area contributed by atoms with Crippen molar-refractivity contribution in [2.24, 2.45) is 5.41 Å². The smallest absolute Gasteiger partial charge is 0.268 e. The lowest BCUT2D eigenvalue weighted by molar-refractivity contribution is 0.0956. The van der Waals surface area contributed by atoms with Gasteiger partial charge in [-0.25, -0.2) is 0 Å². The average molecular weight is 293 g/mol. The molecule has 4 nitrogen and oxygen atoms in total. The van der Waals surface area contributed by atoms with E-state index in [1.54, 1.807) is 0 Å². The summed E-state index contributed by atoms with van der Waals surface area (Å²) in [6.07, 6.45) is 6.42. The summed E-state index contributed by atoms with van der Waals surface area (Å²) in [5.74, 6) is 0. The molecule has 1 aromatic heterocycles. The molecule has 0 atom stereocenters. The number of H-pyrrole nitrogens is 1. The van der Waals surface area contributed by atoms with Crippen LogP contribution in [0.3, 0.4) is 0 Å². The fourth-order valence-electron chi connectivity index (χ4n) is 4.04. The summed E-state index contributed by atoms with van der Waals surface area (Å²) in [5.41, 5.74) is 2.17. The van der Waals surface area contributed by atoms with Gasteiger partial charge in [0.05, 0.1) is 11.2 Å². The maximum atomic E-state index is 12.2. The molecule has 0 radical (unpaired) electrons. The Bertz CT molecular complexity index is 816. The van der Waals surface area contributed by atoms with Gasteiger partial charge in [0, 0.05) is 18.5 Å². The summed E-state index contributed by atoms with van der Waals surface area (Å²) in [6, 6.07) is 9.88. The summed E-state index contributed by atoms with van der Waals surface area (Å²) in [6.45, 7) is 1.89. The van der Waals surface area contributed by atoms with Crippen LogP contribution in [0.4, 0.5) is 5.69 Å². The van der Waals surface area contributed by atoms with Gasteiger partial charge in [-0.1, -0.05) is 24.6 Å². The maximum Gasteiger partial charge on any atom is 0.268 e. The van der Waals surface area contributed by atoms with E-state index in [1.165, 1.54) is 32.1 Å². The Balaban J connectivity index is 1.80. The predicted molar refractivity (Wildman–Crippen MR) is 87.0 cm³/mol. The SMILES string of the molecule is N#Cc1c(N2CCC3(CCC3)CC2)c2ccccc2[nH]c1=O. The van der Waals surface area contributed by atoms with Crippen molar-refractivity contribution < 1.29 is 0 Å². The van der Waals surface area contributed by atoms with Gasteiger partial charge in [-0.15, -0.1) is 0 Å². The quantitative estimate of drug-likeness (QED) is 0.878. The van der Waals surface area contributed by atoms with Gasteiger partial charge in [-0.3, -0.25) is 4.79 Å². The van der Waals surface area contributed by atoms with Gasteiger partial charge >= 0.3 is 0 Å². The van der Waals surface area contributed by atoms with Crippen LogP contribution >= 0.6 is 0 Å². The van der Waals surface area contributed by atoms with E-state index in [0.717, 1.165) is 29.7 Å². The van der Waals surface area contributed by atoms with E-state index in [2.05, 4.69) is 16.0 Å². The van der Waals surface area contributed by atoms with Crippen molar-refractivity contribution in [2.45, 2.75) is 32.1 Å². The van der Waals surface area contributed by atoms with E-state index in [4.69, 9.17) is 0 Å². The number of aromatic amines is 1. The fourth-order valence-corrected chi connectivity index (χ4v) is 4.04. The van der Waals surface area contributed by atoms with Crippen molar-refractivity contribution in [3.8, 4) is 6.07 Å². The minimum Gasteiger partial charge on any atom is -0.370 e. The van der Waals surface area contributed by atoms with E-state index in [0.29, 0.717) is 5.41 Å².